The Bertz CT molecular complexity index is 653. The molecule has 1 amide bonds. The third kappa shape index (κ3) is 2.95. The molecule has 0 aliphatic carbocycles. The lowest BCUT2D eigenvalue weighted by Gasteiger charge is -2.42. The molecule has 24 heavy (non-hydrogen) atoms. The van der Waals surface area contributed by atoms with Crippen LogP contribution in [-0.4, -0.2) is 45.6 Å². The molecule has 0 radical (unpaired) electrons. The minimum atomic E-state index is -0.883. The number of hydrogen-bond donors (Lipinski definition) is 2. The molecule has 1 aromatic rings. The molecule has 2 N–H and O–H groups in total. The molecule has 3 heterocycles. The summed E-state index contributed by atoms with van der Waals surface area (Å²) in [5, 5.41) is 12.4. The minimum Gasteiger partial charge on any atom is -0.481 e. The summed E-state index contributed by atoms with van der Waals surface area (Å²) in [4.78, 5) is 34.4. The molecule has 2 aliphatic heterocycles. The van der Waals surface area contributed by atoms with Gasteiger partial charge in [0.05, 0.1) is 11.5 Å². The summed E-state index contributed by atoms with van der Waals surface area (Å²) in [5.41, 5.74) is 0.524. The third-order valence-corrected chi connectivity index (χ3v) is 5.18. The molecule has 1 aromatic heterocycles. The first-order valence-electron chi connectivity index (χ1n) is 8.56. The standard InChI is InChI=1S/C17H24N4O3/c1-3-4-12-10-18-11(2)19-15(12)21-7-5-17(6-8-21)13(16(23)24)9-14(22)20-17/h10,13H,3-9H2,1-2H3,(H,20,22)(H,23,24). The summed E-state index contributed by atoms with van der Waals surface area (Å²) in [7, 11) is 0. The van der Waals surface area contributed by atoms with E-state index in [1.54, 1.807) is 0 Å². The lowest BCUT2D eigenvalue weighted by atomic mass is 9.77. The maximum atomic E-state index is 11.8. The van der Waals surface area contributed by atoms with Crippen LogP contribution in [0, 0.1) is 12.8 Å². The zero-order valence-electron chi connectivity index (χ0n) is 14.2. The van der Waals surface area contributed by atoms with Crippen molar-refractivity contribution in [2.24, 2.45) is 5.92 Å². The van der Waals surface area contributed by atoms with Gasteiger partial charge in [0.2, 0.25) is 5.91 Å². The molecule has 7 nitrogen and oxygen atoms in total. The lowest BCUT2D eigenvalue weighted by molar-refractivity contribution is -0.144. The number of aliphatic carboxylic acids is 1. The van der Waals surface area contributed by atoms with Crippen LogP contribution in [0.25, 0.3) is 0 Å². The van der Waals surface area contributed by atoms with Gasteiger partial charge in [-0.3, -0.25) is 9.59 Å². The fourth-order valence-electron chi connectivity index (χ4n) is 3.91. The Morgan fingerprint density at radius 2 is 2.17 bits per heavy atom. The zero-order valence-corrected chi connectivity index (χ0v) is 14.2. The van der Waals surface area contributed by atoms with E-state index in [1.807, 2.05) is 13.1 Å². The Balaban J connectivity index is 1.79. The summed E-state index contributed by atoms with van der Waals surface area (Å²) in [6.07, 6.45) is 5.18. The van der Waals surface area contributed by atoms with Crippen molar-refractivity contribution < 1.29 is 14.7 Å². The van der Waals surface area contributed by atoms with Gasteiger partial charge in [-0.1, -0.05) is 13.3 Å². The van der Waals surface area contributed by atoms with Crippen LogP contribution in [0.15, 0.2) is 6.20 Å². The van der Waals surface area contributed by atoms with Crippen LogP contribution >= 0.6 is 0 Å². The van der Waals surface area contributed by atoms with Gasteiger partial charge in [0.25, 0.3) is 0 Å². The van der Waals surface area contributed by atoms with Crippen molar-refractivity contribution in [2.45, 2.75) is 51.5 Å². The molecule has 2 fully saturated rings. The van der Waals surface area contributed by atoms with E-state index in [0.717, 1.165) is 30.0 Å². The number of rotatable bonds is 4. The Morgan fingerprint density at radius 3 is 2.79 bits per heavy atom. The number of aryl methyl sites for hydroxylation is 2. The maximum absolute atomic E-state index is 11.8. The second-order valence-corrected chi connectivity index (χ2v) is 6.80. The van der Waals surface area contributed by atoms with Crippen LogP contribution in [0.5, 0.6) is 0 Å². The van der Waals surface area contributed by atoms with Crippen molar-refractivity contribution in [3.63, 3.8) is 0 Å². The number of carbonyl (C=O) groups excluding carboxylic acids is 1. The Labute approximate surface area is 141 Å². The Hall–Kier alpha value is -2.18. The first-order valence-corrected chi connectivity index (χ1v) is 8.56. The molecule has 0 bridgehead atoms. The third-order valence-electron chi connectivity index (χ3n) is 5.18. The summed E-state index contributed by atoms with van der Waals surface area (Å²) in [6.45, 7) is 5.39. The van der Waals surface area contributed by atoms with E-state index in [0.29, 0.717) is 25.9 Å². The number of aromatic nitrogens is 2. The van der Waals surface area contributed by atoms with E-state index in [4.69, 9.17) is 0 Å². The highest BCUT2D eigenvalue weighted by Gasteiger charge is 2.51. The van der Waals surface area contributed by atoms with Gasteiger partial charge in [-0.15, -0.1) is 0 Å². The first-order chi connectivity index (χ1) is 11.4. The monoisotopic (exact) mass is 332 g/mol. The van der Waals surface area contributed by atoms with Crippen molar-refractivity contribution in [1.29, 1.82) is 0 Å². The summed E-state index contributed by atoms with van der Waals surface area (Å²) < 4.78 is 0. The van der Waals surface area contributed by atoms with Gasteiger partial charge in [0.1, 0.15) is 11.6 Å². The van der Waals surface area contributed by atoms with Crippen LogP contribution in [0.2, 0.25) is 0 Å². The number of piperidine rings is 1. The number of anilines is 1. The quantitative estimate of drug-likeness (QED) is 0.863. The minimum absolute atomic E-state index is 0.0863. The first kappa shape index (κ1) is 16.7. The van der Waals surface area contributed by atoms with Gasteiger partial charge in [-0.2, -0.15) is 0 Å². The second kappa shape index (κ2) is 6.37. The average molecular weight is 332 g/mol. The summed E-state index contributed by atoms with van der Waals surface area (Å²) in [5.74, 6) is 0.0271. The molecular formula is C17H24N4O3. The SMILES string of the molecule is CCCc1cnc(C)nc1N1CCC2(CC1)NC(=O)CC2C(=O)O. The number of amides is 1. The molecule has 3 rings (SSSR count). The van der Waals surface area contributed by atoms with Gasteiger partial charge in [0, 0.05) is 31.3 Å². The largest absolute Gasteiger partial charge is 0.481 e. The zero-order chi connectivity index (χ0) is 17.3. The number of carboxylic acid groups (broad SMARTS) is 1. The Morgan fingerprint density at radius 1 is 1.46 bits per heavy atom. The van der Waals surface area contributed by atoms with E-state index in [-0.39, 0.29) is 12.3 Å². The van der Waals surface area contributed by atoms with E-state index in [2.05, 4.69) is 27.1 Å². The topological polar surface area (TPSA) is 95.4 Å². The second-order valence-electron chi connectivity index (χ2n) is 6.80. The van der Waals surface area contributed by atoms with Crippen molar-refractivity contribution in [3.8, 4) is 0 Å². The van der Waals surface area contributed by atoms with Crippen LogP contribution in [0.3, 0.4) is 0 Å². The summed E-state index contributed by atoms with van der Waals surface area (Å²) >= 11 is 0. The highest BCUT2D eigenvalue weighted by atomic mass is 16.4. The molecule has 7 heteroatoms. The molecule has 1 atom stereocenters. The van der Waals surface area contributed by atoms with Crippen LogP contribution in [0.1, 0.15) is 44.0 Å². The fraction of sp³-hybridized carbons (Fsp3) is 0.647. The highest BCUT2D eigenvalue weighted by molar-refractivity contribution is 5.88. The molecule has 2 saturated heterocycles. The number of carbonyl (C=O) groups is 2. The van der Waals surface area contributed by atoms with E-state index in [9.17, 15) is 14.7 Å². The molecular weight excluding hydrogens is 308 g/mol. The number of nitrogens with zero attached hydrogens (tertiary/aromatic N) is 3. The fourth-order valence-corrected chi connectivity index (χ4v) is 3.91. The number of nitrogens with one attached hydrogen (secondary N) is 1. The molecule has 2 aliphatic rings. The number of carboxylic acids is 1. The van der Waals surface area contributed by atoms with Crippen LogP contribution < -0.4 is 10.2 Å². The van der Waals surface area contributed by atoms with E-state index < -0.39 is 17.4 Å². The molecule has 1 spiro atoms. The van der Waals surface area contributed by atoms with E-state index >= 15 is 0 Å². The lowest BCUT2D eigenvalue weighted by Crippen LogP contribution is -2.56. The Kier molecular flexibility index (Phi) is 4.43. The van der Waals surface area contributed by atoms with Gasteiger partial charge in [-0.05, 0) is 26.2 Å². The molecule has 0 aromatic carbocycles. The smallest absolute Gasteiger partial charge is 0.309 e. The predicted octanol–water partition coefficient (Wildman–Crippen LogP) is 1.30. The summed E-state index contributed by atoms with van der Waals surface area (Å²) in [6, 6.07) is 0. The molecule has 1 unspecified atom stereocenters. The van der Waals surface area contributed by atoms with Gasteiger partial charge >= 0.3 is 5.97 Å². The number of hydrogen-bond acceptors (Lipinski definition) is 5. The maximum Gasteiger partial charge on any atom is 0.309 e. The van der Waals surface area contributed by atoms with Gasteiger partial charge in [-0.25, -0.2) is 9.97 Å². The normalized spacial score (nSPS) is 22.7. The molecule has 130 valence electrons. The van der Waals surface area contributed by atoms with Crippen molar-refractivity contribution in [1.82, 2.24) is 15.3 Å². The predicted molar refractivity (Wildman–Crippen MR) is 88.8 cm³/mol. The van der Waals surface area contributed by atoms with Crippen LogP contribution in [-0.2, 0) is 16.0 Å². The van der Waals surface area contributed by atoms with Crippen molar-refractivity contribution >= 4 is 17.7 Å². The van der Waals surface area contributed by atoms with E-state index in [1.165, 1.54) is 0 Å². The van der Waals surface area contributed by atoms with Crippen molar-refractivity contribution in [2.75, 3.05) is 18.0 Å². The van der Waals surface area contributed by atoms with Crippen molar-refractivity contribution in [3.05, 3.63) is 17.6 Å². The highest BCUT2D eigenvalue weighted by Crippen LogP contribution is 2.38. The van der Waals surface area contributed by atoms with Gasteiger partial charge < -0.3 is 15.3 Å². The van der Waals surface area contributed by atoms with Crippen LogP contribution in [0.4, 0.5) is 5.82 Å². The molecule has 0 saturated carbocycles. The van der Waals surface area contributed by atoms with Gasteiger partial charge in [0.15, 0.2) is 0 Å². The average Bonchev–Trinajstić information content (AvgIpc) is 2.86.